The molecule has 23 heavy (non-hydrogen) atoms. The quantitative estimate of drug-likeness (QED) is 0.914. The Morgan fingerprint density at radius 1 is 1.26 bits per heavy atom. The van der Waals surface area contributed by atoms with Gasteiger partial charge in [0, 0.05) is 19.0 Å². The summed E-state index contributed by atoms with van der Waals surface area (Å²) in [6.45, 7) is 0.403. The Morgan fingerprint density at radius 3 is 2.83 bits per heavy atom. The number of hydrogen-bond donors (Lipinski definition) is 1. The molecule has 1 heterocycles. The number of aliphatic hydroxyl groups excluding tert-OH is 1. The summed E-state index contributed by atoms with van der Waals surface area (Å²) in [7, 11) is 1.62. The first-order valence-electron chi connectivity index (χ1n) is 7.76. The molecule has 5 heteroatoms. The molecule has 0 radical (unpaired) electrons. The Labute approximate surface area is 135 Å². The summed E-state index contributed by atoms with van der Waals surface area (Å²) in [5, 5.41) is 11.5. The number of carbonyl (C=O) groups is 1. The van der Waals surface area contributed by atoms with Gasteiger partial charge in [-0.1, -0.05) is 36.4 Å². The van der Waals surface area contributed by atoms with Gasteiger partial charge in [-0.05, 0) is 17.9 Å². The predicted molar refractivity (Wildman–Crippen MR) is 87.4 cm³/mol. The Morgan fingerprint density at radius 2 is 2.04 bits per heavy atom. The van der Waals surface area contributed by atoms with Crippen LogP contribution in [0.3, 0.4) is 0 Å². The van der Waals surface area contributed by atoms with Gasteiger partial charge in [0.05, 0.1) is 18.8 Å². The van der Waals surface area contributed by atoms with Crippen molar-refractivity contribution in [1.29, 1.82) is 0 Å². The van der Waals surface area contributed by atoms with Crippen molar-refractivity contribution in [1.82, 2.24) is 4.90 Å². The summed E-state index contributed by atoms with van der Waals surface area (Å²) in [6.07, 6.45) is 0.640. The van der Waals surface area contributed by atoms with Crippen LogP contribution in [0.15, 0.2) is 42.5 Å². The Balaban J connectivity index is 1.69. The monoisotopic (exact) mass is 315 g/mol. The summed E-state index contributed by atoms with van der Waals surface area (Å²) < 4.78 is 11.0. The topological polar surface area (TPSA) is 59.0 Å². The average molecular weight is 315 g/mol. The minimum Gasteiger partial charge on any atom is -0.483 e. The van der Waals surface area contributed by atoms with Gasteiger partial charge in [-0.3, -0.25) is 4.79 Å². The number of carbonyl (C=O) groups excluding carboxylic acids is 1. The molecular weight excluding hydrogens is 294 g/mol. The van der Waals surface area contributed by atoms with Crippen molar-refractivity contribution < 1.29 is 19.4 Å². The lowest BCUT2D eigenvalue weighted by Gasteiger charge is -2.22. The summed E-state index contributed by atoms with van der Waals surface area (Å²) >= 11 is 0. The maximum atomic E-state index is 12.4. The van der Waals surface area contributed by atoms with Gasteiger partial charge in [0.1, 0.15) is 5.75 Å². The van der Waals surface area contributed by atoms with Crippen molar-refractivity contribution in [2.75, 3.05) is 26.9 Å². The van der Waals surface area contributed by atoms with E-state index in [4.69, 9.17) is 9.47 Å². The van der Waals surface area contributed by atoms with Crippen LogP contribution in [0.4, 0.5) is 0 Å². The molecule has 2 aromatic rings. The Kier molecular flexibility index (Phi) is 4.79. The van der Waals surface area contributed by atoms with Crippen LogP contribution in [0, 0.1) is 0 Å². The van der Waals surface area contributed by atoms with E-state index in [1.165, 1.54) is 0 Å². The zero-order valence-corrected chi connectivity index (χ0v) is 13.1. The van der Waals surface area contributed by atoms with Crippen molar-refractivity contribution in [2.45, 2.75) is 18.6 Å². The molecule has 2 atom stereocenters. The molecule has 0 aromatic heterocycles. The summed E-state index contributed by atoms with van der Waals surface area (Å²) in [6, 6.07) is 13.5. The first kappa shape index (κ1) is 15.8. The molecule has 1 N–H and O–H groups in total. The lowest BCUT2D eigenvalue weighted by atomic mass is 10.1. The third-order valence-corrected chi connectivity index (χ3v) is 4.34. The summed E-state index contributed by atoms with van der Waals surface area (Å²) in [4.78, 5) is 14.1. The molecule has 1 aliphatic rings. The van der Waals surface area contributed by atoms with Crippen LogP contribution in [0.25, 0.3) is 10.8 Å². The van der Waals surface area contributed by atoms with E-state index in [9.17, 15) is 9.90 Å². The zero-order valence-electron chi connectivity index (χ0n) is 13.1. The van der Waals surface area contributed by atoms with E-state index in [-0.39, 0.29) is 31.3 Å². The number of nitrogens with zero attached hydrogens (tertiary/aromatic N) is 1. The van der Waals surface area contributed by atoms with Gasteiger partial charge in [0.25, 0.3) is 5.91 Å². The Hall–Kier alpha value is -2.11. The van der Waals surface area contributed by atoms with E-state index >= 15 is 0 Å². The number of aliphatic hydroxyl groups is 1. The third kappa shape index (κ3) is 3.30. The molecule has 0 saturated carbocycles. The van der Waals surface area contributed by atoms with E-state index in [2.05, 4.69) is 0 Å². The van der Waals surface area contributed by atoms with Gasteiger partial charge < -0.3 is 19.5 Å². The molecule has 1 saturated heterocycles. The predicted octanol–water partition coefficient (Wildman–Crippen LogP) is 1.83. The van der Waals surface area contributed by atoms with E-state index in [1.807, 2.05) is 42.5 Å². The van der Waals surface area contributed by atoms with Gasteiger partial charge in [-0.15, -0.1) is 0 Å². The van der Waals surface area contributed by atoms with Crippen molar-refractivity contribution in [3.8, 4) is 5.75 Å². The number of likely N-dealkylation sites (tertiary alicyclic amines) is 1. The van der Waals surface area contributed by atoms with Gasteiger partial charge in [-0.2, -0.15) is 0 Å². The number of ether oxygens (including phenoxy) is 2. The number of fused-ring (bicyclic) bond motifs is 1. The van der Waals surface area contributed by atoms with Crippen LogP contribution in [-0.4, -0.2) is 54.9 Å². The highest BCUT2D eigenvalue weighted by atomic mass is 16.5. The zero-order chi connectivity index (χ0) is 16.2. The van der Waals surface area contributed by atoms with Crippen LogP contribution in [0.5, 0.6) is 5.75 Å². The van der Waals surface area contributed by atoms with Crippen LogP contribution in [0.2, 0.25) is 0 Å². The van der Waals surface area contributed by atoms with E-state index in [1.54, 1.807) is 12.0 Å². The number of methoxy groups -OCH3 is 1. The van der Waals surface area contributed by atoms with Crippen molar-refractivity contribution in [3.63, 3.8) is 0 Å². The van der Waals surface area contributed by atoms with Gasteiger partial charge in [-0.25, -0.2) is 0 Å². The summed E-state index contributed by atoms with van der Waals surface area (Å²) in [5.74, 6) is 0.566. The summed E-state index contributed by atoms with van der Waals surface area (Å²) in [5.41, 5.74) is 0. The number of rotatable bonds is 5. The second-order valence-electron chi connectivity index (χ2n) is 5.74. The molecule has 1 amide bonds. The normalized spacial score (nSPS) is 20.9. The van der Waals surface area contributed by atoms with E-state index < -0.39 is 0 Å². The minimum atomic E-state index is -0.191. The maximum absolute atomic E-state index is 12.4. The van der Waals surface area contributed by atoms with E-state index in [0.29, 0.717) is 18.7 Å². The van der Waals surface area contributed by atoms with Gasteiger partial charge in [0.15, 0.2) is 6.61 Å². The molecular formula is C18H21NO4. The molecule has 5 nitrogen and oxygen atoms in total. The highest BCUT2D eigenvalue weighted by Crippen LogP contribution is 2.26. The molecule has 2 aromatic carbocycles. The van der Waals surface area contributed by atoms with Crippen LogP contribution in [0.1, 0.15) is 6.42 Å². The molecule has 1 aliphatic heterocycles. The van der Waals surface area contributed by atoms with Crippen LogP contribution < -0.4 is 4.74 Å². The third-order valence-electron chi connectivity index (χ3n) is 4.34. The number of hydrogen-bond acceptors (Lipinski definition) is 4. The molecule has 3 rings (SSSR count). The van der Waals surface area contributed by atoms with Crippen molar-refractivity contribution >= 4 is 16.7 Å². The molecule has 0 aliphatic carbocycles. The standard InChI is InChI=1S/C18H21NO4/c1-22-15-9-14(11-20)19(10-15)18(21)12-23-17-8-4-6-13-5-2-3-7-16(13)17/h2-8,14-15,20H,9-12H2,1H3/t14-,15-/m0/s1. The van der Waals surface area contributed by atoms with Crippen molar-refractivity contribution in [3.05, 3.63) is 42.5 Å². The lowest BCUT2D eigenvalue weighted by molar-refractivity contribution is -0.135. The fourth-order valence-corrected chi connectivity index (χ4v) is 3.07. The molecule has 0 unspecified atom stereocenters. The first-order valence-corrected chi connectivity index (χ1v) is 7.76. The highest BCUT2D eigenvalue weighted by molar-refractivity contribution is 5.88. The first-order chi connectivity index (χ1) is 11.2. The number of amides is 1. The molecule has 0 spiro atoms. The molecule has 1 fully saturated rings. The van der Waals surface area contributed by atoms with Crippen LogP contribution in [-0.2, 0) is 9.53 Å². The molecule has 0 bridgehead atoms. The number of benzene rings is 2. The smallest absolute Gasteiger partial charge is 0.260 e. The second-order valence-corrected chi connectivity index (χ2v) is 5.74. The van der Waals surface area contributed by atoms with Gasteiger partial charge >= 0.3 is 0 Å². The van der Waals surface area contributed by atoms with Gasteiger partial charge in [0.2, 0.25) is 0 Å². The molecule has 122 valence electrons. The second kappa shape index (κ2) is 6.98. The fraction of sp³-hybridized carbons (Fsp3) is 0.389. The van der Waals surface area contributed by atoms with Crippen molar-refractivity contribution in [2.24, 2.45) is 0 Å². The SMILES string of the molecule is CO[C@H]1C[C@@H](CO)N(C(=O)COc2cccc3ccccc23)C1. The average Bonchev–Trinajstić information content (AvgIpc) is 3.03. The highest BCUT2D eigenvalue weighted by Gasteiger charge is 2.34. The minimum absolute atomic E-state index is 0.0198. The largest absolute Gasteiger partial charge is 0.483 e. The lowest BCUT2D eigenvalue weighted by Crippen LogP contribution is -2.40. The fourth-order valence-electron chi connectivity index (χ4n) is 3.07. The van der Waals surface area contributed by atoms with Crippen LogP contribution >= 0.6 is 0 Å². The Bertz CT molecular complexity index is 682. The van der Waals surface area contributed by atoms with E-state index in [0.717, 1.165) is 10.8 Å². The maximum Gasteiger partial charge on any atom is 0.260 e.